The molecule has 1 aromatic rings. The molecule has 5 heteroatoms. The fourth-order valence-corrected chi connectivity index (χ4v) is 3.04. The van der Waals surface area contributed by atoms with Gasteiger partial charge in [0.15, 0.2) is 0 Å². The zero-order chi connectivity index (χ0) is 12.5. The first-order chi connectivity index (χ1) is 8.72. The molecule has 2 aliphatic heterocycles. The second-order valence-electron chi connectivity index (χ2n) is 4.95. The molecule has 1 fully saturated rings. The molecule has 2 aliphatic rings. The first-order valence-corrected chi connectivity index (χ1v) is 7.07. The van der Waals surface area contributed by atoms with Crippen LogP contribution in [0.3, 0.4) is 0 Å². The molecule has 1 saturated heterocycles. The van der Waals surface area contributed by atoms with Crippen LogP contribution in [0.5, 0.6) is 0 Å². The van der Waals surface area contributed by atoms with Gasteiger partial charge in [-0.3, -0.25) is 4.79 Å². The molecule has 1 amide bonds. The molecular weight excluding hydrogens is 294 g/mol. The molecule has 0 saturated carbocycles. The summed E-state index contributed by atoms with van der Waals surface area (Å²) in [6.45, 7) is 3.57. The van der Waals surface area contributed by atoms with Gasteiger partial charge in [-0.05, 0) is 43.6 Å². The zero-order valence-electron chi connectivity index (χ0n) is 10.1. The summed E-state index contributed by atoms with van der Waals surface area (Å²) in [6.07, 6.45) is 1.20. The lowest BCUT2D eigenvalue weighted by Gasteiger charge is -2.32. The van der Waals surface area contributed by atoms with Crippen LogP contribution in [0, 0.1) is 5.92 Å². The lowest BCUT2D eigenvalue weighted by molar-refractivity contribution is -0.115. The Labute approximate surface area is 115 Å². The smallest absolute Gasteiger partial charge is 0.243 e. The number of amides is 1. The third-order valence-corrected chi connectivity index (χ3v) is 4.04. The predicted octanol–water partition coefficient (Wildman–Crippen LogP) is 1.82. The minimum Gasteiger partial charge on any atom is -0.360 e. The van der Waals surface area contributed by atoms with Crippen molar-refractivity contribution in [2.45, 2.75) is 6.42 Å². The van der Waals surface area contributed by atoms with Crippen molar-refractivity contribution in [3.8, 4) is 0 Å². The Hall–Kier alpha value is -1.07. The van der Waals surface area contributed by atoms with Crippen molar-refractivity contribution in [2.75, 3.05) is 36.4 Å². The second-order valence-corrected chi connectivity index (χ2v) is 5.86. The SMILES string of the molecule is O=C1CN(CC2CCNC2)c2ccc(Br)cc2N1. The summed E-state index contributed by atoms with van der Waals surface area (Å²) in [6, 6.07) is 6.06. The summed E-state index contributed by atoms with van der Waals surface area (Å²) in [4.78, 5) is 13.9. The Kier molecular flexibility index (Phi) is 3.26. The van der Waals surface area contributed by atoms with Crippen LogP contribution in [0.2, 0.25) is 0 Å². The van der Waals surface area contributed by atoms with E-state index in [-0.39, 0.29) is 5.91 Å². The van der Waals surface area contributed by atoms with Gasteiger partial charge < -0.3 is 15.5 Å². The number of benzene rings is 1. The van der Waals surface area contributed by atoms with Crippen LogP contribution < -0.4 is 15.5 Å². The van der Waals surface area contributed by atoms with Crippen molar-refractivity contribution >= 4 is 33.2 Å². The van der Waals surface area contributed by atoms with E-state index in [0.717, 1.165) is 35.5 Å². The van der Waals surface area contributed by atoms with Crippen molar-refractivity contribution in [2.24, 2.45) is 5.92 Å². The van der Waals surface area contributed by atoms with Gasteiger partial charge in [0.05, 0.1) is 17.9 Å². The zero-order valence-corrected chi connectivity index (χ0v) is 11.7. The number of nitrogens with zero attached hydrogens (tertiary/aromatic N) is 1. The van der Waals surface area contributed by atoms with Crippen LogP contribution in [-0.2, 0) is 4.79 Å². The number of nitrogens with one attached hydrogen (secondary N) is 2. The van der Waals surface area contributed by atoms with Gasteiger partial charge in [-0.1, -0.05) is 15.9 Å². The molecule has 0 spiro atoms. The van der Waals surface area contributed by atoms with Crippen LogP contribution in [0.25, 0.3) is 0 Å². The molecule has 0 aromatic heterocycles. The number of halogens is 1. The summed E-state index contributed by atoms with van der Waals surface area (Å²) >= 11 is 3.44. The average Bonchev–Trinajstić information content (AvgIpc) is 2.80. The Morgan fingerprint density at radius 1 is 1.44 bits per heavy atom. The van der Waals surface area contributed by atoms with Crippen LogP contribution >= 0.6 is 15.9 Å². The van der Waals surface area contributed by atoms with E-state index in [2.05, 4.69) is 37.5 Å². The van der Waals surface area contributed by atoms with E-state index < -0.39 is 0 Å². The number of carbonyl (C=O) groups is 1. The quantitative estimate of drug-likeness (QED) is 0.876. The van der Waals surface area contributed by atoms with Gasteiger partial charge in [0, 0.05) is 11.0 Å². The second kappa shape index (κ2) is 4.90. The van der Waals surface area contributed by atoms with Gasteiger partial charge >= 0.3 is 0 Å². The van der Waals surface area contributed by atoms with E-state index in [1.807, 2.05) is 12.1 Å². The molecule has 2 heterocycles. The van der Waals surface area contributed by atoms with E-state index in [9.17, 15) is 4.79 Å². The summed E-state index contributed by atoms with van der Waals surface area (Å²) in [5.74, 6) is 0.721. The van der Waals surface area contributed by atoms with Crippen molar-refractivity contribution in [1.82, 2.24) is 5.32 Å². The molecule has 1 unspecified atom stereocenters. The van der Waals surface area contributed by atoms with E-state index in [4.69, 9.17) is 0 Å². The lowest BCUT2D eigenvalue weighted by atomic mass is 10.1. The largest absolute Gasteiger partial charge is 0.360 e. The normalized spacial score (nSPS) is 22.8. The van der Waals surface area contributed by atoms with Crippen molar-refractivity contribution in [3.63, 3.8) is 0 Å². The first-order valence-electron chi connectivity index (χ1n) is 6.27. The van der Waals surface area contributed by atoms with Crippen molar-refractivity contribution in [3.05, 3.63) is 22.7 Å². The minimum atomic E-state index is 0.0755. The topological polar surface area (TPSA) is 44.4 Å². The van der Waals surface area contributed by atoms with E-state index in [1.165, 1.54) is 6.42 Å². The highest BCUT2D eigenvalue weighted by molar-refractivity contribution is 9.10. The molecule has 0 bridgehead atoms. The highest BCUT2D eigenvalue weighted by atomic mass is 79.9. The molecule has 0 radical (unpaired) electrons. The van der Waals surface area contributed by atoms with Crippen LogP contribution in [-0.4, -0.2) is 32.1 Å². The average molecular weight is 310 g/mol. The van der Waals surface area contributed by atoms with Gasteiger partial charge in [0.25, 0.3) is 0 Å². The number of anilines is 2. The molecule has 4 nitrogen and oxygen atoms in total. The Bertz CT molecular complexity index is 471. The number of hydrogen-bond acceptors (Lipinski definition) is 3. The van der Waals surface area contributed by atoms with E-state index >= 15 is 0 Å². The Balaban J connectivity index is 1.84. The molecule has 2 N–H and O–H groups in total. The maximum atomic E-state index is 11.7. The Morgan fingerprint density at radius 2 is 2.33 bits per heavy atom. The molecular formula is C13H16BrN3O. The van der Waals surface area contributed by atoms with Gasteiger partial charge in [-0.2, -0.15) is 0 Å². The summed E-state index contributed by atoms with van der Waals surface area (Å²) in [5, 5.41) is 6.30. The number of fused-ring (bicyclic) bond motifs is 1. The third-order valence-electron chi connectivity index (χ3n) is 3.55. The van der Waals surface area contributed by atoms with Gasteiger partial charge in [0.1, 0.15) is 0 Å². The van der Waals surface area contributed by atoms with Gasteiger partial charge in [-0.15, -0.1) is 0 Å². The highest BCUT2D eigenvalue weighted by Crippen LogP contribution is 2.32. The summed E-state index contributed by atoms with van der Waals surface area (Å²) in [5.41, 5.74) is 2.04. The van der Waals surface area contributed by atoms with Crippen molar-refractivity contribution < 1.29 is 4.79 Å². The number of carbonyl (C=O) groups excluding carboxylic acids is 1. The fraction of sp³-hybridized carbons (Fsp3) is 0.462. The maximum Gasteiger partial charge on any atom is 0.243 e. The maximum absolute atomic E-state index is 11.7. The predicted molar refractivity (Wildman–Crippen MR) is 76.0 cm³/mol. The van der Waals surface area contributed by atoms with Crippen LogP contribution in [0.4, 0.5) is 11.4 Å². The molecule has 1 atom stereocenters. The molecule has 3 rings (SSSR count). The molecule has 1 aromatic carbocycles. The molecule has 0 aliphatic carbocycles. The summed E-state index contributed by atoms with van der Waals surface area (Å²) in [7, 11) is 0. The Morgan fingerprint density at radius 3 is 3.11 bits per heavy atom. The van der Waals surface area contributed by atoms with Crippen molar-refractivity contribution in [1.29, 1.82) is 0 Å². The standard InChI is InChI=1S/C13H16BrN3O/c14-10-1-2-12-11(5-10)16-13(18)8-17(12)7-9-3-4-15-6-9/h1-2,5,9,15H,3-4,6-8H2,(H,16,18). The fourth-order valence-electron chi connectivity index (χ4n) is 2.68. The van der Waals surface area contributed by atoms with Gasteiger partial charge in [0.2, 0.25) is 5.91 Å². The first kappa shape index (κ1) is 12.0. The highest BCUT2D eigenvalue weighted by Gasteiger charge is 2.25. The summed E-state index contributed by atoms with van der Waals surface area (Å²) < 4.78 is 0.992. The lowest BCUT2D eigenvalue weighted by Crippen LogP contribution is -2.41. The third kappa shape index (κ3) is 2.37. The molecule has 18 heavy (non-hydrogen) atoms. The monoisotopic (exact) mass is 309 g/mol. The minimum absolute atomic E-state index is 0.0755. The van der Waals surface area contributed by atoms with Crippen LogP contribution in [0.15, 0.2) is 22.7 Å². The van der Waals surface area contributed by atoms with E-state index in [0.29, 0.717) is 12.5 Å². The van der Waals surface area contributed by atoms with Crippen LogP contribution in [0.1, 0.15) is 6.42 Å². The molecule has 96 valence electrons. The number of hydrogen-bond donors (Lipinski definition) is 2. The van der Waals surface area contributed by atoms with Gasteiger partial charge in [-0.25, -0.2) is 0 Å². The van der Waals surface area contributed by atoms with E-state index in [1.54, 1.807) is 0 Å². The number of rotatable bonds is 2.